The number of anilines is 1. The Bertz CT molecular complexity index is 905. The van der Waals surface area contributed by atoms with Crippen LogP contribution in [0, 0.1) is 22.7 Å². The molecule has 6 heteroatoms. The minimum atomic E-state index is 0.0433. The van der Waals surface area contributed by atoms with Gasteiger partial charge in [0.15, 0.2) is 0 Å². The fourth-order valence-electron chi connectivity index (χ4n) is 2.35. The van der Waals surface area contributed by atoms with Crippen molar-refractivity contribution in [3.8, 4) is 23.3 Å². The molecular weight excluding hydrogens is 282 g/mol. The number of hydrogen-bond acceptors (Lipinski definition) is 5. The summed E-state index contributed by atoms with van der Waals surface area (Å²) in [5.41, 5.74) is 8.22. The van der Waals surface area contributed by atoms with Crippen LogP contribution in [0.4, 0.5) is 5.82 Å². The number of nitriles is 2. The first-order valence-corrected chi connectivity index (χ1v) is 6.45. The van der Waals surface area contributed by atoms with E-state index in [4.69, 9.17) is 18.4 Å². The standard InChI is InChI=1S/C15H9N5S/c16-5-9-13(10(6-17)15(21)20-14(9)18)11-7-19-12-4-2-1-3-8(11)12/h1-4,7,19H,(H3,18,20,21)/p-1. The molecule has 0 bridgehead atoms. The summed E-state index contributed by atoms with van der Waals surface area (Å²) in [6, 6.07) is 11.7. The highest BCUT2D eigenvalue weighted by Gasteiger charge is 2.18. The predicted octanol–water partition coefficient (Wildman–Crippen LogP) is 2.46. The lowest BCUT2D eigenvalue weighted by atomic mass is 9.96. The van der Waals surface area contributed by atoms with Crippen LogP contribution in [0.25, 0.3) is 22.0 Å². The van der Waals surface area contributed by atoms with Gasteiger partial charge < -0.3 is 23.3 Å². The van der Waals surface area contributed by atoms with Crippen molar-refractivity contribution in [2.75, 3.05) is 5.73 Å². The topological polar surface area (TPSA) is 102 Å². The van der Waals surface area contributed by atoms with Crippen molar-refractivity contribution in [3.05, 3.63) is 41.6 Å². The van der Waals surface area contributed by atoms with Crippen LogP contribution in [-0.4, -0.2) is 9.97 Å². The quantitative estimate of drug-likeness (QED) is 0.670. The van der Waals surface area contributed by atoms with Crippen LogP contribution in [0.3, 0.4) is 0 Å². The number of para-hydroxylation sites is 1. The van der Waals surface area contributed by atoms with Gasteiger partial charge in [0, 0.05) is 28.2 Å². The number of hydrogen-bond donors (Lipinski definition) is 2. The average molecular weight is 290 g/mol. The van der Waals surface area contributed by atoms with Gasteiger partial charge in [0.05, 0.1) is 11.6 Å². The molecule has 21 heavy (non-hydrogen) atoms. The summed E-state index contributed by atoms with van der Waals surface area (Å²) in [6.07, 6.45) is 1.75. The molecule has 0 amide bonds. The van der Waals surface area contributed by atoms with Gasteiger partial charge in [-0.05, 0) is 6.07 Å². The van der Waals surface area contributed by atoms with Gasteiger partial charge in [-0.15, -0.1) is 0 Å². The third-order valence-corrected chi connectivity index (χ3v) is 3.57. The van der Waals surface area contributed by atoms with Crippen molar-refractivity contribution < 1.29 is 0 Å². The second-order valence-electron chi connectivity index (χ2n) is 4.40. The molecule has 0 saturated carbocycles. The summed E-state index contributed by atoms with van der Waals surface area (Å²) in [5.74, 6) is 0.0433. The van der Waals surface area contributed by atoms with Gasteiger partial charge >= 0.3 is 0 Å². The van der Waals surface area contributed by atoms with E-state index in [0.29, 0.717) is 5.56 Å². The Morgan fingerprint density at radius 3 is 2.57 bits per heavy atom. The maximum atomic E-state index is 9.36. The number of nitrogens with two attached hydrogens (primary N) is 1. The number of nitrogens with zero attached hydrogens (tertiary/aromatic N) is 3. The molecule has 0 aliphatic heterocycles. The number of nitrogens with one attached hydrogen (secondary N) is 1. The molecule has 5 nitrogen and oxygen atoms in total. The highest BCUT2D eigenvalue weighted by molar-refractivity contribution is 7.58. The maximum Gasteiger partial charge on any atom is 0.140 e. The molecular formula is C15H8N5S-. The summed E-state index contributed by atoms with van der Waals surface area (Å²) in [5, 5.41) is 19.7. The molecule has 1 aromatic carbocycles. The van der Waals surface area contributed by atoms with E-state index < -0.39 is 0 Å². The van der Waals surface area contributed by atoms with E-state index in [0.717, 1.165) is 16.5 Å². The van der Waals surface area contributed by atoms with Crippen LogP contribution in [0.15, 0.2) is 35.5 Å². The summed E-state index contributed by atoms with van der Waals surface area (Å²) in [4.78, 5) is 7.02. The number of fused-ring (bicyclic) bond motifs is 1. The average Bonchev–Trinajstić information content (AvgIpc) is 2.90. The molecule has 0 aliphatic carbocycles. The summed E-state index contributed by atoms with van der Waals surface area (Å²) < 4.78 is 0. The first-order valence-electron chi connectivity index (χ1n) is 6.04. The Hall–Kier alpha value is -3.09. The van der Waals surface area contributed by atoms with E-state index in [1.54, 1.807) is 6.20 Å². The molecule has 3 rings (SSSR count). The zero-order valence-corrected chi connectivity index (χ0v) is 11.5. The monoisotopic (exact) mass is 290 g/mol. The molecule has 100 valence electrons. The first kappa shape index (κ1) is 12.9. The number of H-pyrrole nitrogens is 1. The fourth-order valence-corrected chi connectivity index (χ4v) is 2.59. The number of benzene rings is 1. The largest absolute Gasteiger partial charge is 0.759 e. The highest BCUT2D eigenvalue weighted by Crippen LogP contribution is 2.36. The Morgan fingerprint density at radius 1 is 1.14 bits per heavy atom. The Kier molecular flexibility index (Phi) is 2.94. The SMILES string of the molecule is N#Cc1c(N)nc([S-])c(C#N)c1-c1c[nH]c2ccccc12. The molecule has 2 heterocycles. The molecule has 0 radical (unpaired) electrons. The lowest BCUT2D eigenvalue weighted by Gasteiger charge is -2.15. The lowest BCUT2D eigenvalue weighted by molar-refractivity contribution is 1.12. The lowest BCUT2D eigenvalue weighted by Crippen LogP contribution is -2.03. The van der Waals surface area contributed by atoms with Gasteiger partial charge in [-0.3, -0.25) is 4.98 Å². The highest BCUT2D eigenvalue weighted by atomic mass is 32.1. The van der Waals surface area contributed by atoms with Gasteiger partial charge in [0.1, 0.15) is 17.5 Å². The third-order valence-electron chi connectivity index (χ3n) is 3.27. The van der Waals surface area contributed by atoms with Crippen molar-refractivity contribution >= 4 is 29.3 Å². The summed E-state index contributed by atoms with van der Waals surface area (Å²) in [7, 11) is 0. The number of rotatable bonds is 1. The van der Waals surface area contributed by atoms with Crippen LogP contribution in [0.1, 0.15) is 11.1 Å². The molecule has 3 aromatic rings. The van der Waals surface area contributed by atoms with E-state index in [-0.39, 0.29) is 22.0 Å². The van der Waals surface area contributed by atoms with Crippen molar-refractivity contribution in [1.29, 1.82) is 10.5 Å². The molecule has 0 atom stereocenters. The third kappa shape index (κ3) is 1.86. The number of pyridine rings is 1. The molecule has 2 aromatic heterocycles. The van der Waals surface area contributed by atoms with Crippen molar-refractivity contribution in [3.63, 3.8) is 0 Å². The Balaban J connectivity index is 2.48. The van der Waals surface area contributed by atoms with E-state index in [1.165, 1.54) is 0 Å². The molecule has 0 unspecified atom stereocenters. The van der Waals surface area contributed by atoms with Gasteiger partial charge in [-0.1, -0.05) is 23.2 Å². The zero-order chi connectivity index (χ0) is 15.0. The van der Waals surface area contributed by atoms with Crippen LogP contribution in [0.2, 0.25) is 0 Å². The normalized spacial score (nSPS) is 10.2. The van der Waals surface area contributed by atoms with Gasteiger partial charge in [0.2, 0.25) is 0 Å². The van der Waals surface area contributed by atoms with Gasteiger partial charge in [-0.25, -0.2) is 0 Å². The summed E-state index contributed by atoms with van der Waals surface area (Å²) >= 11 is 5.10. The molecule has 0 fully saturated rings. The number of nitrogen functional groups attached to an aromatic ring is 1. The van der Waals surface area contributed by atoms with Crippen molar-refractivity contribution in [1.82, 2.24) is 9.97 Å². The second kappa shape index (κ2) is 4.78. The van der Waals surface area contributed by atoms with E-state index in [2.05, 4.69) is 9.97 Å². The zero-order valence-electron chi connectivity index (χ0n) is 10.7. The van der Waals surface area contributed by atoms with E-state index in [1.807, 2.05) is 36.4 Å². The summed E-state index contributed by atoms with van der Waals surface area (Å²) in [6.45, 7) is 0. The molecule has 0 saturated heterocycles. The van der Waals surface area contributed by atoms with E-state index in [9.17, 15) is 10.5 Å². The molecule has 3 N–H and O–H groups in total. The molecule has 0 aliphatic rings. The predicted molar refractivity (Wildman–Crippen MR) is 81.0 cm³/mol. The second-order valence-corrected chi connectivity index (χ2v) is 4.79. The fraction of sp³-hybridized carbons (Fsp3) is 0. The first-order chi connectivity index (χ1) is 10.2. The van der Waals surface area contributed by atoms with E-state index >= 15 is 0 Å². The molecule has 0 spiro atoms. The Morgan fingerprint density at radius 2 is 1.86 bits per heavy atom. The van der Waals surface area contributed by atoms with Crippen molar-refractivity contribution in [2.24, 2.45) is 0 Å². The van der Waals surface area contributed by atoms with Gasteiger partial charge in [0.25, 0.3) is 0 Å². The van der Waals surface area contributed by atoms with Crippen molar-refractivity contribution in [2.45, 2.75) is 5.03 Å². The number of aromatic amines is 1. The minimum Gasteiger partial charge on any atom is -0.759 e. The van der Waals surface area contributed by atoms with Crippen LogP contribution < -0.4 is 5.73 Å². The van der Waals surface area contributed by atoms with Crippen LogP contribution >= 0.6 is 0 Å². The smallest absolute Gasteiger partial charge is 0.140 e. The van der Waals surface area contributed by atoms with Crippen LogP contribution in [-0.2, 0) is 12.6 Å². The minimum absolute atomic E-state index is 0.0433. The van der Waals surface area contributed by atoms with Crippen LogP contribution in [0.5, 0.6) is 0 Å². The van der Waals surface area contributed by atoms with Gasteiger partial charge in [-0.2, -0.15) is 10.5 Å². The number of aromatic nitrogens is 2. The Labute approximate surface area is 126 Å². The maximum absolute atomic E-state index is 9.36.